The normalized spacial score (nSPS) is 21.4. The number of halogens is 1. The molecule has 1 N–H and O–H groups in total. The van der Waals surface area contributed by atoms with Crippen LogP contribution in [0.5, 0.6) is 5.88 Å². The quantitative estimate of drug-likeness (QED) is 0.880. The molecule has 1 saturated carbocycles. The lowest BCUT2D eigenvalue weighted by Crippen LogP contribution is -2.39. The predicted molar refractivity (Wildman–Crippen MR) is 92.7 cm³/mol. The second-order valence-corrected chi connectivity index (χ2v) is 7.99. The van der Waals surface area contributed by atoms with Crippen molar-refractivity contribution < 1.29 is 13.2 Å². The summed E-state index contributed by atoms with van der Waals surface area (Å²) in [5, 5.41) is 0.408. The summed E-state index contributed by atoms with van der Waals surface area (Å²) in [6.45, 7) is 0. The number of hydrogen-bond donors (Lipinski definition) is 1. The molecule has 1 aromatic carbocycles. The molecule has 0 aliphatic heterocycles. The zero-order chi connectivity index (χ0) is 17.0. The third kappa shape index (κ3) is 4.47. The number of hydrogen-bond acceptors (Lipinski definition) is 4. The van der Waals surface area contributed by atoms with E-state index in [4.69, 9.17) is 16.3 Å². The average Bonchev–Trinajstić information content (AvgIpc) is 2.57. The highest BCUT2D eigenvalue weighted by Gasteiger charge is 2.26. The molecule has 0 amide bonds. The largest absolute Gasteiger partial charge is 0.474 e. The van der Waals surface area contributed by atoms with E-state index < -0.39 is 10.0 Å². The lowest BCUT2D eigenvalue weighted by molar-refractivity contribution is 0.138. The number of nitrogens with zero attached hydrogens (tertiary/aromatic N) is 1. The molecule has 7 heteroatoms. The number of nitrogens with one attached hydrogen (secondary N) is 1. The molecule has 1 aliphatic rings. The van der Waals surface area contributed by atoms with Crippen LogP contribution in [0.1, 0.15) is 25.7 Å². The first kappa shape index (κ1) is 17.2. The van der Waals surface area contributed by atoms with Crippen molar-refractivity contribution in [1.29, 1.82) is 0 Å². The Morgan fingerprint density at radius 1 is 1.08 bits per heavy atom. The fraction of sp³-hybridized carbons (Fsp3) is 0.353. The first-order valence-electron chi connectivity index (χ1n) is 7.88. The number of aromatic nitrogens is 1. The van der Waals surface area contributed by atoms with Gasteiger partial charge >= 0.3 is 0 Å². The topological polar surface area (TPSA) is 68.3 Å². The maximum Gasteiger partial charge on any atom is 0.240 e. The van der Waals surface area contributed by atoms with Crippen LogP contribution in [0.3, 0.4) is 0 Å². The summed E-state index contributed by atoms with van der Waals surface area (Å²) < 4.78 is 33.4. The van der Waals surface area contributed by atoms with Crippen molar-refractivity contribution in [3.05, 3.63) is 53.7 Å². The minimum absolute atomic E-state index is 0.0758. The number of rotatable bonds is 5. The summed E-state index contributed by atoms with van der Waals surface area (Å²) in [5.74, 6) is 0.612. The first-order valence-corrected chi connectivity index (χ1v) is 9.75. The molecule has 1 heterocycles. The lowest BCUT2D eigenvalue weighted by atomic mass is 9.94. The Bertz CT molecular complexity index is 775. The molecule has 0 spiro atoms. The van der Waals surface area contributed by atoms with Gasteiger partial charge in [-0.2, -0.15) is 0 Å². The van der Waals surface area contributed by atoms with E-state index in [9.17, 15) is 8.42 Å². The highest BCUT2D eigenvalue weighted by molar-refractivity contribution is 7.89. The zero-order valence-electron chi connectivity index (χ0n) is 13.1. The highest BCUT2D eigenvalue weighted by Crippen LogP contribution is 2.24. The third-order valence-electron chi connectivity index (χ3n) is 4.03. The standard InChI is InChI=1S/C17H19ClN2O3S/c18-13-4-3-5-16(12-13)24(21,22)20-14-7-9-15(10-8-14)23-17-6-1-2-11-19-17/h1-6,11-12,14-15,20H,7-10H2. The number of ether oxygens (including phenoxy) is 1. The molecule has 0 unspecified atom stereocenters. The predicted octanol–water partition coefficient (Wildman–Crippen LogP) is 3.40. The molecule has 0 atom stereocenters. The van der Waals surface area contributed by atoms with Crippen LogP contribution in [-0.4, -0.2) is 25.5 Å². The molecule has 5 nitrogen and oxygen atoms in total. The van der Waals surface area contributed by atoms with Gasteiger partial charge in [0.15, 0.2) is 0 Å². The van der Waals surface area contributed by atoms with Gasteiger partial charge in [-0.05, 0) is 49.9 Å². The van der Waals surface area contributed by atoms with E-state index >= 15 is 0 Å². The Kier molecular flexibility index (Phi) is 5.38. The van der Waals surface area contributed by atoms with E-state index in [-0.39, 0.29) is 17.0 Å². The van der Waals surface area contributed by atoms with Crippen molar-refractivity contribution in [2.75, 3.05) is 0 Å². The molecule has 128 valence electrons. The van der Waals surface area contributed by atoms with Gasteiger partial charge in [0, 0.05) is 23.3 Å². The molecule has 1 fully saturated rings. The fourth-order valence-corrected chi connectivity index (χ4v) is 4.41. The first-order chi connectivity index (χ1) is 11.5. The molecular weight excluding hydrogens is 348 g/mol. The summed E-state index contributed by atoms with van der Waals surface area (Å²) >= 11 is 5.88. The fourth-order valence-electron chi connectivity index (χ4n) is 2.81. The molecule has 0 bridgehead atoms. The van der Waals surface area contributed by atoms with Crippen LogP contribution < -0.4 is 9.46 Å². The van der Waals surface area contributed by atoms with Crippen LogP contribution >= 0.6 is 11.6 Å². The Morgan fingerprint density at radius 3 is 2.54 bits per heavy atom. The van der Waals surface area contributed by atoms with Crippen LogP contribution in [0, 0.1) is 0 Å². The Hall–Kier alpha value is -1.63. The van der Waals surface area contributed by atoms with Crippen LogP contribution in [0.2, 0.25) is 5.02 Å². The smallest absolute Gasteiger partial charge is 0.240 e. The van der Waals surface area contributed by atoms with Crippen molar-refractivity contribution in [1.82, 2.24) is 9.71 Å². The minimum Gasteiger partial charge on any atom is -0.474 e. The maximum atomic E-state index is 12.4. The lowest BCUT2D eigenvalue weighted by Gasteiger charge is -2.29. The molecule has 24 heavy (non-hydrogen) atoms. The number of sulfonamides is 1. The summed E-state index contributed by atoms with van der Waals surface area (Å²) in [5.41, 5.74) is 0. The van der Waals surface area contributed by atoms with Crippen LogP contribution in [0.4, 0.5) is 0 Å². The van der Waals surface area contributed by atoms with Gasteiger partial charge in [0.1, 0.15) is 6.10 Å². The maximum absolute atomic E-state index is 12.4. The van der Waals surface area contributed by atoms with Crippen molar-refractivity contribution >= 4 is 21.6 Å². The minimum atomic E-state index is -3.55. The van der Waals surface area contributed by atoms with Crippen molar-refractivity contribution in [2.24, 2.45) is 0 Å². The van der Waals surface area contributed by atoms with E-state index in [1.807, 2.05) is 18.2 Å². The van der Waals surface area contributed by atoms with Gasteiger partial charge in [0.25, 0.3) is 0 Å². The monoisotopic (exact) mass is 366 g/mol. The highest BCUT2D eigenvalue weighted by atomic mass is 35.5. The van der Waals surface area contributed by atoms with Gasteiger partial charge in [-0.3, -0.25) is 0 Å². The third-order valence-corrected chi connectivity index (χ3v) is 5.78. The van der Waals surface area contributed by atoms with E-state index in [0.717, 1.165) is 25.7 Å². The van der Waals surface area contributed by atoms with Crippen LogP contribution in [0.25, 0.3) is 0 Å². The average molecular weight is 367 g/mol. The van der Waals surface area contributed by atoms with Crippen LogP contribution in [0.15, 0.2) is 53.6 Å². The van der Waals surface area contributed by atoms with Gasteiger partial charge in [-0.25, -0.2) is 18.1 Å². The second kappa shape index (κ2) is 7.51. The second-order valence-electron chi connectivity index (χ2n) is 5.84. The molecular formula is C17H19ClN2O3S. The SMILES string of the molecule is O=S(=O)(NC1CCC(Oc2ccccn2)CC1)c1cccc(Cl)c1. The van der Waals surface area contributed by atoms with Crippen molar-refractivity contribution in [3.63, 3.8) is 0 Å². The summed E-state index contributed by atoms with van der Waals surface area (Å²) in [7, 11) is -3.55. The number of benzene rings is 1. The Morgan fingerprint density at radius 2 is 1.88 bits per heavy atom. The van der Waals surface area contributed by atoms with Gasteiger partial charge in [-0.1, -0.05) is 23.7 Å². The van der Waals surface area contributed by atoms with Gasteiger partial charge < -0.3 is 4.74 Å². The Balaban J connectivity index is 1.55. The van der Waals surface area contributed by atoms with E-state index in [0.29, 0.717) is 10.9 Å². The summed E-state index contributed by atoms with van der Waals surface area (Å²) in [6, 6.07) is 11.8. The number of pyridine rings is 1. The van der Waals surface area contributed by atoms with Crippen molar-refractivity contribution in [3.8, 4) is 5.88 Å². The van der Waals surface area contributed by atoms with Crippen molar-refractivity contribution in [2.45, 2.75) is 42.7 Å². The molecule has 2 aromatic rings. The molecule has 1 aromatic heterocycles. The molecule has 0 radical (unpaired) electrons. The Labute approximate surface area is 147 Å². The summed E-state index contributed by atoms with van der Waals surface area (Å²) in [6.07, 6.45) is 4.82. The molecule has 1 aliphatic carbocycles. The molecule has 0 saturated heterocycles. The van der Waals surface area contributed by atoms with Gasteiger partial charge in [0.2, 0.25) is 15.9 Å². The molecule has 3 rings (SSSR count). The van der Waals surface area contributed by atoms with E-state index in [2.05, 4.69) is 9.71 Å². The van der Waals surface area contributed by atoms with Gasteiger partial charge in [-0.15, -0.1) is 0 Å². The summed E-state index contributed by atoms with van der Waals surface area (Å²) in [4.78, 5) is 4.35. The van der Waals surface area contributed by atoms with E-state index in [1.54, 1.807) is 24.4 Å². The van der Waals surface area contributed by atoms with Crippen LogP contribution in [-0.2, 0) is 10.0 Å². The van der Waals surface area contributed by atoms with Gasteiger partial charge in [0.05, 0.1) is 4.90 Å². The zero-order valence-corrected chi connectivity index (χ0v) is 14.6. The van der Waals surface area contributed by atoms with E-state index in [1.165, 1.54) is 6.07 Å².